The van der Waals surface area contributed by atoms with Crippen molar-refractivity contribution in [1.29, 1.82) is 0 Å². The minimum atomic E-state index is -0.182. The van der Waals surface area contributed by atoms with Crippen LogP contribution in [0, 0.1) is 6.92 Å². The first-order valence-corrected chi connectivity index (χ1v) is 9.26. The Morgan fingerprint density at radius 3 is 3.00 bits per heavy atom. The van der Waals surface area contributed by atoms with Crippen LogP contribution in [0.2, 0.25) is 0 Å². The van der Waals surface area contributed by atoms with Gasteiger partial charge in [0.1, 0.15) is 4.83 Å². The van der Waals surface area contributed by atoms with Gasteiger partial charge in [0.15, 0.2) is 0 Å². The van der Waals surface area contributed by atoms with E-state index < -0.39 is 0 Å². The fourth-order valence-electron chi connectivity index (χ4n) is 2.86. The number of alkyl halides is 1. The molecule has 2 aromatic heterocycles. The summed E-state index contributed by atoms with van der Waals surface area (Å²) >= 11 is 5.25. The van der Waals surface area contributed by atoms with Crippen LogP contribution in [0.1, 0.15) is 35.5 Å². The highest BCUT2D eigenvalue weighted by Gasteiger charge is 2.30. The van der Waals surface area contributed by atoms with Gasteiger partial charge in [-0.1, -0.05) is 15.9 Å². The number of hydrogen-bond acceptors (Lipinski definition) is 5. The van der Waals surface area contributed by atoms with Crippen molar-refractivity contribution in [2.45, 2.75) is 44.7 Å². The van der Waals surface area contributed by atoms with E-state index in [-0.39, 0.29) is 5.60 Å². The number of halogens is 1. The summed E-state index contributed by atoms with van der Waals surface area (Å²) in [5, 5.41) is 4.24. The van der Waals surface area contributed by atoms with Gasteiger partial charge in [-0.15, -0.1) is 11.3 Å². The molecule has 7 heteroatoms. The molecule has 0 fully saturated rings. The molecule has 0 aliphatic carbocycles. The molecular weight excluding hydrogens is 378 g/mol. The largest absolute Gasteiger partial charge is 0.370 e. The maximum Gasteiger partial charge on any atom is 0.212 e. The molecule has 5 nitrogen and oxygen atoms in total. The van der Waals surface area contributed by atoms with E-state index in [1.807, 2.05) is 6.92 Å². The van der Waals surface area contributed by atoms with Crippen LogP contribution in [0.4, 0.5) is 5.69 Å². The summed E-state index contributed by atoms with van der Waals surface area (Å²) in [5.74, 6) is 0. The third kappa shape index (κ3) is 3.05. The van der Waals surface area contributed by atoms with Gasteiger partial charge in [-0.3, -0.25) is 4.79 Å². The predicted molar refractivity (Wildman–Crippen MR) is 96.9 cm³/mol. The van der Waals surface area contributed by atoms with Crippen molar-refractivity contribution in [2.75, 3.05) is 0 Å². The number of aromatic nitrogens is 1. The van der Waals surface area contributed by atoms with Crippen molar-refractivity contribution in [1.82, 2.24) is 10.3 Å². The molecule has 1 aliphatic rings. The zero-order valence-corrected chi connectivity index (χ0v) is 15.7. The number of rotatable bonds is 4. The van der Waals surface area contributed by atoms with Gasteiger partial charge in [-0.25, -0.2) is 9.98 Å². The first-order chi connectivity index (χ1) is 11.0. The highest BCUT2D eigenvalue weighted by Crippen LogP contribution is 2.42. The second-order valence-corrected chi connectivity index (χ2v) is 7.87. The Bertz CT molecular complexity index is 798. The summed E-state index contributed by atoms with van der Waals surface area (Å²) in [6.07, 6.45) is 2.83. The fourth-order valence-corrected chi connectivity index (χ4v) is 4.50. The van der Waals surface area contributed by atoms with Crippen LogP contribution in [0.15, 0.2) is 4.99 Å². The van der Waals surface area contributed by atoms with Crippen LogP contribution < -0.4 is 5.32 Å². The zero-order chi connectivity index (χ0) is 16.6. The number of fused-ring (bicyclic) bond motifs is 2. The first kappa shape index (κ1) is 16.5. The minimum Gasteiger partial charge on any atom is -0.370 e. The molecule has 0 radical (unpaired) electrons. The van der Waals surface area contributed by atoms with Crippen LogP contribution >= 0.6 is 27.3 Å². The molecule has 1 aliphatic heterocycles. The molecule has 122 valence electrons. The number of nitrogens with one attached hydrogen (secondary N) is 1. The molecule has 23 heavy (non-hydrogen) atoms. The van der Waals surface area contributed by atoms with Crippen LogP contribution in [-0.2, 0) is 27.9 Å². The number of amides is 1. The van der Waals surface area contributed by atoms with Gasteiger partial charge in [-0.05, 0) is 26.3 Å². The van der Waals surface area contributed by atoms with E-state index in [0.29, 0.717) is 13.0 Å². The Morgan fingerprint density at radius 1 is 1.52 bits per heavy atom. The quantitative estimate of drug-likeness (QED) is 0.371. The summed E-state index contributed by atoms with van der Waals surface area (Å²) in [6, 6.07) is 0. The van der Waals surface area contributed by atoms with Crippen molar-refractivity contribution < 1.29 is 9.53 Å². The Labute approximate surface area is 147 Å². The standard InChI is InChI=1S/C16H18BrN3O2S/c1-9-14(19-7-18-8-21)13-10(5-17)11-6-22-16(2,3)4-12(11)20-15(13)23-9/h7-8H,4-6H2,1-3H3,(H,18,19,21). The summed E-state index contributed by atoms with van der Waals surface area (Å²) < 4.78 is 5.97. The van der Waals surface area contributed by atoms with E-state index in [1.165, 1.54) is 11.9 Å². The topological polar surface area (TPSA) is 63.6 Å². The lowest BCUT2D eigenvalue weighted by atomic mass is 9.92. The normalized spacial score (nSPS) is 16.7. The van der Waals surface area contributed by atoms with Crippen LogP contribution in [0.25, 0.3) is 10.2 Å². The van der Waals surface area contributed by atoms with E-state index in [1.54, 1.807) is 11.3 Å². The number of aliphatic imine (C=N–C) groups is 1. The minimum absolute atomic E-state index is 0.182. The van der Waals surface area contributed by atoms with E-state index in [2.05, 4.69) is 40.1 Å². The number of thiophene rings is 1. The second kappa shape index (κ2) is 6.30. The lowest BCUT2D eigenvalue weighted by Gasteiger charge is -2.32. The van der Waals surface area contributed by atoms with E-state index in [9.17, 15) is 4.79 Å². The van der Waals surface area contributed by atoms with Gasteiger partial charge in [0.05, 0.1) is 29.9 Å². The summed E-state index contributed by atoms with van der Waals surface area (Å²) in [7, 11) is 0. The molecule has 3 rings (SSSR count). The summed E-state index contributed by atoms with van der Waals surface area (Å²) in [5.41, 5.74) is 4.15. The highest BCUT2D eigenvalue weighted by atomic mass is 79.9. The third-order valence-corrected chi connectivity index (χ3v) is 5.50. The number of carbonyl (C=O) groups excluding carboxylic acids is 1. The van der Waals surface area contributed by atoms with E-state index in [0.717, 1.165) is 43.8 Å². The molecule has 0 saturated heterocycles. The first-order valence-electron chi connectivity index (χ1n) is 7.32. The Morgan fingerprint density at radius 2 is 2.30 bits per heavy atom. The maximum atomic E-state index is 10.4. The van der Waals surface area contributed by atoms with Crippen molar-refractivity contribution in [2.24, 2.45) is 4.99 Å². The van der Waals surface area contributed by atoms with Crippen molar-refractivity contribution in [3.63, 3.8) is 0 Å². The van der Waals surface area contributed by atoms with Gasteiger partial charge < -0.3 is 10.1 Å². The number of hydrogen-bond donors (Lipinski definition) is 1. The van der Waals surface area contributed by atoms with Crippen molar-refractivity contribution >= 4 is 55.9 Å². The molecular formula is C16H18BrN3O2S. The second-order valence-electron chi connectivity index (χ2n) is 6.10. The molecule has 2 aromatic rings. The van der Waals surface area contributed by atoms with Gasteiger partial charge in [0, 0.05) is 27.6 Å². The molecule has 0 atom stereocenters. The molecule has 0 aromatic carbocycles. The van der Waals surface area contributed by atoms with Crippen molar-refractivity contribution in [3.8, 4) is 0 Å². The van der Waals surface area contributed by atoms with Gasteiger partial charge >= 0.3 is 0 Å². The Hall–Kier alpha value is -1.31. The number of aryl methyl sites for hydroxylation is 1. The number of nitrogens with zero attached hydrogens (tertiary/aromatic N) is 2. The number of ether oxygens (including phenoxy) is 1. The van der Waals surface area contributed by atoms with Crippen molar-refractivity contribution in [3.05, 3.63) is 21.7 Å². The van der Waals surface area contributed by atoms with Crippen LogP contribution in [-0.4, -0.2) is 23.3 Å². The lowest BCUT2D eigenvalue weighted by molar-refractivity contribution is -0.108. The molecule has 1 amide bonds. The monoisotopic (exact) mass is 395 g/mol. The van der Waals surface area contributed by atoms with E-state index >= 15 is 0 Å². The van der Waals surface area contributed by atoms with Gasteiger partial charge in [0.25, 0.3) is 0 Å². The fraction of sp³-hybridized carbons (Fsp3) is 0.438. The number of pyridine rings is 1. The average molecular weight is 396 g/mol. The zero-order valence-electron chi connectivity index (χ0n) is 13.3. The molecule has 0 saturated carbocycles. The maximum absolute atomic E-state index is 10.4. The Kier molecular flexibility index (Phi) is 4.53. The van der Waals surface area contributed by atoms with Gasteiger partial charge in [-0.2, -0.15) is 0 Å². The van der Waals surface area contributed by atoms with E-state index in [4.69, 9.17) is 9.72 Å². The smallest absolute Gasteiger partial charge is 0.212 e. The van der Waals surface area contributed by atoms with Crippen LogP contribution in [0.3, 0.4) is 0 Å². The molecule has 0 spiro atoms. The summed E-state index contributed by atoms with van der Waals surface area (Å²) in [4.78, 5) is 21.8. The van der Waals surface area contributed by atoms with Gasteiger partial charge in [0.2, 0.25) is 6.41 Å². The summed E-state index contributed by atoms with van der Waals surface area (Å²) in [6.45, 7) is 6.78. The highest BCUT2D eigenvalue weighted by molar-refractivity contribution is 9.08. The SMILES string of the molecule is Cc1sc2nc3c(c(CBr)c2c1N=CNC=O)COC(C)(C)C3. The molecule has 1 N–H and O–H groups in total. The molecule has 3 heterocycles. The third-order valence-electron chi connectivity index (χ3n) is 3.96. The molecule has 0 bridgehead atoms. The predicted octanol–water partition coefficient (Wildman–Crippen LogP) is 3.76. The average Bonchev–Trinajstić information content (AvgIpc) is 2.79. The Balaban J connectivity index is 2.22. The van der Waals surface area contributed by atoms with Crippen LogP contribution in [0.5, 0.6) is 0 Å². The number of carbonyl (C=O) groups is 1. The molecule has 0 unspecified atom stereocenters. The lowest BCUT2D eigenvalue weighted by Crippen LogP contribution is -2.33.